The van der Waals surface area contributed by atoms with Crippen LogP contribution < -0.4 is 4.74 Å². The van der Waals surface area contributed by atoms with Crippen molar-refractivity contribution in [2.45, 2.75) is 13.3 Å². The van der Waals surface area contributed by atoms with E-state index in [1.165, 1.54) is 9.80 Å². The highest BCUT2D eigenvalue weighted by Crippen LogP contribution is 2.13. The maximum Gasteiger partial charge on any atom is 0.261 e. The molecule has 140 valence electrons. The number of nitrogens with zero attached hydrogens (tertiary/aromatic N) is 2. The molecule has 1 fully saturated rings. The van der Waals surface area contributed by atoms with Crippen molar-refractivity contribution in [2.24, 2.45) is 0 Å². The fourth-order valence-corrected chi connectivity index (χ4v) is 2.87. The summed E-state index contributed by atoms with van der Waals surface area (Å²) in [6.45, 7) is 1.88. The van der Waals surface area contributed by atoms with Gasteiger partial charge in [0.05, 0.1) is 0 Å². The van der Waals surface area contributed by atoms with Crippen molar-refractivity contribution in [3.8, 4) is 5.75 Å². The fraction of sp³-hybridized carbons (Fsp3) is 0.286. The average Bonchev–Trinajstić information content (AvgIpc) is 2.67. The molecule has 1 aliphatic heterocycles. The van der Waals surface area contributed by atoms with Crippen molar-refractivity contribution in [1.29, 1.82) is 0 Å². The summed E-state index contributed by atoms with van der Waals surface area (Å²) in [7, 11) is 0. The van der Waals surface area contributed by atoms with E-state index in [4.69, 9.17) is 4.74 Å². The first-order chi connectivity index (χ1) is 13.0. The van der Waals surface area contributed by atoms with E-state index in [2.05, 4.69) is 0 Å². The molecule has 6 nitrogen and oxygen atoms in total. The third-order valence-corrected chi connectivity index (χ3v) is 4.46. The Labute approximate surface area is 158 Å². The number of hydrogen-bond donors (Lipinski definition) is 0. The van der Waals surface area contributed by atoms with Crippen molar-refractivity contribution in [1.82, 2.24) is 9.80 Å². The first kappa shape index (κ1) is 18.6. The van der Waals surface area contributed by atoms with Gasteiger partial charge in [-0.05, 0) is 31.0 Å². The Balaban J connectivity index is 1.51. The second-order valence-electron chi connectivity index (χ2n) is 6.53. The molecule has 0 bridgehead atoms. The molecule has 0 aromatic heterocycles. The van der Waals surface area contributed by atoms with Crippen LogP contribution in [0, 0.1) is 6.92 Å². The number of ether oxygens (including phenoxy) is 1. The van der Waals surface area contributed by atoms with E-state index >= 15 is 0 Å². The SMILES string of the molecule is Cc1ccc(OCC(=O)N2CC(=O)N(CCc3ccccc3)C(=O)C2)cc1. The first-order valence-electron chi connectivity index (χ1n) is 8.87. The maximum atomic E-state index is 12.3. The van der Waals surface area contributed by atoms with Crippen molar-refractivity contribution >= 4 is 17.7 Å². The lowest BCUT2D eigenvalue weighted by atomic mass is 10.1. The summed E-state index contributed by atoms with van der Waals surface area (Å²) in [4.78, 5) is 39.4. The van der Waals surface area contributed by atoms with Crippen LogP contribution in [0.15, 0.2) is 54.6 Å². The summed E-state index contributed by atoms with van der Waals surface area (Å²) in [5, 5.41) is 0. The zero-order valence-corrected chi connectivity index (χ0v) is 15.3. The maximum absolute atomic E-state index is 12.3. The van der Waals surface area contributed by atoms with Crippen LogP contribution in [0.2, 0.25) is 0 Å². The second kappa shape index (κ2) is 8.49. The molecule has 0 unspecified atom stereocenters. The molecule has 0 aliphatic carbocycles. The van der Waals surface area contributed by atoms with Crippen molar-refractivity contribution in [3.63, 3.8) is 0 Å². The lowest BCUT2D eigenvalue weighted by Crippen LogP contribution is -2.56. The monoisotopic (exact) mass is 366 g/mol. The van der Waals surface area contributed by atoms with E-state index in [9.17, 15) is 14.4 Å². The third kappa shape index (κ3) is 4.94. The standard InChI is InChI=1S/C21H22N2O4/c1-16-7-9-18(10-8-16)27-15-21(26)22-13-19(24)23(20(25)14-22)12-11-17-5-3-2-4-6-17/h2-10H,11-15H2,1H3. The molecule has 1 saturated heterocycles. The van der Waals surface area contributed by atoms with Crippen LogP contribution in [0.1, 0.15) is 11.1 Å². The van der Waals surface area contributed by atoms with Gasteiger partial charge in [-0.25, -0.2) is 0 Å². The number of rotatable bonds is 6. The molecule has 3 rings (SSSR count). The Bertz CT molecular complexity index is 800. The lowest BCUT2D eigenvalue weighted by molar-refractivity contribution is -0.157. The van der Waals surface area contributed by atoms with Crippen molar-refractivity contribution in [2.75, 3.05) is 26.2 Å². The highest BCUT2D eigenvalue weighted by molar-refractivity contribution is 6.02. The average molecular weight is 366 g/mol. The molecule has 0 saturated carbocycles. The molecule has 2 aromatic rings. The summed E-state index contributed by atoms with van der Waals surface area (Å²) in [5.41, 5.74) is 2.15. The van der Waals surface area contributed by atoms with Gasteiger partial charge in [0.25, 0.3) is 5.91 Å². The smallest absolute Gasteiger partial charge is 0.261 e. The predicted octanol–water partition coefficient (Wildman–Crippen LogP) is 1.81. The van der Waals surface area contributed by atoms with Crippen LogP contribution in [-0.2, 0) is 20.8 Å². The van der Waals surface area contributed by atoms with Gasteiger partial charge in [0.15, 0.2) is 6.61 Å². The lowest BCUT2D eigenvalue weighted by Gasteiger charge is -2.32. The summed E-state index contributed by atoms with van der Waals surface area (Å²) in [6, 6.07) is 17.0. The largest absolute Gasteiger partial charge is 0.484 e. The van der Waals surface area contributed by atoms with E-state index in [-0.39, 0.29) is 37.4 Å². The molecule has 0 radical (unpaired) electrons. The minimum absolute atomic E-state index is 0.101. The van der Waals surface area contributed by atoms with Gasteiger partial charge in [-0.1, -0.05) is 48.0 Å². The van der Waals surface area contributed by atoms with E-state index in [1.807, 2.05) is 49.4 Å². The number of carbonyl (C=O) groups is 3. The Hall–Kier alpha value is -3.15. The Morgan fingerprint density at radius 2 is 1.59 bits per heavy atom. The van der Waals surface area contributed by atoms with Gasteiger partial charge in [-0.3, -0.25) is 19.3 Å². The molecular formula is C21H22N2O4. The summed E-state index contributed by atoms with van der Waals surface area (Å²) >= 11 is 0. The molecule has 1 heterocycles. The number of amides is 3. The van der Waals surface area contributed by atoms with Gasteiger partial charge in [0.2, 0.25) is 11.8 Å². The van der Waals surface area contributed by atoms with Crippen LogP contribution in [0.4, 0.5) is 0 Å². The summed E-state index contributed by atoms with van der Waals surface area (Å²) in [6.07, 6.45) is 0.600. The van der Waals surface area contributed by atoms with Gasteiger partial charge in [0, 0.05) is 6.54 Å². The van der Waals surface area contributed by atoms with Crippen molar-refractivity contribution < 1.29 is 19.1 Å². The zero-order chi connectivity index (χ0) is 19.2. The van der Waals surface area contributed by atoms with Gasteiger partial charge in [0.1, 0.15) is 18.8 Å². The minimum atomic E-state index is -0.375. The molecular weight excluding hydrogens is 344 g/mol. The number of aryl methyl sites for hydroxylation is 1. The summed E-state index contributed by atoms with van der Waals surface area (Å²) in [5.74, 6) is -0.509. The Morgan fingerprint density at radius 3 is 2.22 bits per heavy atom. The first-order valence-corrected chi connectivity index (χ1v) is 8.87. The number of carbonyl (C=O) groups excluding carboxylic acids is 3. The molecule has 0 N–H and O–H groups in total. The second-order valence-corrected chi connectivity index (χ2v) is 6.53. The number of benzene rings is 2. The summed E-state index contributed by atoms with van der Waals surface area (Å²) < 4.78 is 5.45. The van der Waals surface area contributed by atoms with E-state index in [0.717, 1.165) is 11.1 Å². The minimum Gasteiger partial charge on any atom is -0.484 e. The molecule has 2 aromatic carbocycles. The number of piperazine rings is 1. The molecule has 27 heavy (non-hydrogen) atoms. The zero-order valence-electron chi connectivity index (χ0n) is 15.3. The van der Waals surface area contributed by atoms with Crippen molar-refractivity contribution in [3.05, 3.63) is 65.7 Å². The van der Waals surface area contributed by atoms with Crippen LogP contribution in [0.25, 0.3) is 0 Å². The quantitative estimate of drug-likeness (QED) is 0.732. The van der Waals surface area contributed by atoms with E-state index < -0.39 is 0 Å². The van der Waals surface area contributed by atoms with Crippen LogP contribution >= 0.6 is 0 Å². The molecule has 0 atom stereocenters. The number of hydrogen-bond acceptors (Lipinski definition) is 4. The van der Waals surface area contributed by atoms with Gasteiger partial charge < -0.3 is 9.64 Å². The van der Waals surface area contributed by atoms with E-state index in [0.29, 0.717) is 18.7 Å². The highest BCUT2D eigenvalue weighted by atomic mass is 16.5. The fourth-order valence-electron chi connectivity index (χ4n) is 2.87. The Kier molecular flexibility index (Phi) is 5.86. The molecule has 1 aliphatic rings. The van der Waals surface area contributed by atoms with Crippen LogP contribution in [0.3, 0.4) is 0 Å². The molecule has 3 amide bonds. The third-order valence-electron chi connectivity index (χ3n) is 4.46. The van der Waals surface area contributed by atoms with Gasteiger partial charge in [-0.15, -0.1) is 0 Å². The topological polar surface area (TPSA) is 66.9 Å². The molecule has 6 heteroatoms. The number of imide groups is 1. The normalized spacial score (nSPS) is 14.4. The van der Waals surface area contributed by atoms with Crippen LogP contribution in [-0.4, -0.2) is 53.8 Å². The molecule has 0 spiro atoms. The van der Waals surface area contributed by atoms with Gasteiger partial charge in [-0.2, -0.15) is 0 Å². The Morgan fingerprint density at radius 1 is 0.963 bits per heavy atom. The predicted molar refractivity (Wildman–Crippen MR) is 100 cm³/mol. The van der Waals surface area contributed by atoms with Gasteiger partial charge >= 0.3 is 0 Å². The van der Waals surface area contributed by atoms with E-state index in [1.54, 1.807) is 12.1 Å². The highest BCUT2D eigenvalue weighted by Gasteiger charge is 2.33. The van der Waals surface area contributed by atoms with Crippen LogP contribution in [0.5, 0.6) is 5.75 Å².